The molecular weight excluding hydrogens is 352 g/mol. The Labute approximate surface area is 134 Å². The van der Waals surface area contributed by atoms with Gasteiger partial charge < -0.3 is 9.30 Å². The van der Waals surface area contributed by atoms with E-state index in [0.29, 0.717) is 0 Å². The highest BCUT2D eigenvalue weighted by Gasteiger charge is 2.11. The van der Waals surface area contributed by atoms with Gasteiger partial charge in [-0.25, -0.2) is 4.98 Å². The molecule has 0 spiro atoms. The van der Waals surface area contributed by atoms with Crippen molar-refractivity contribution in [2.24, 2.45) is 7.05 Å². The van der Waals surface area contributed by atoms with Crippen LogP contribution in [0.5, 0.6) is 0 Å². The summed E-state index contributed by atoms with van der Waals surface area (Å²) in [6.45, 7) is 0.202. The quantitative estimate of drug-likeness (QED) is 0.663. The van der Waals surface area contributed by atoms with Crippen LogP contribution < -0.4 is 0 Å². The summed E-state index contributed by atoms with van der Waals surface area (Å²) >= 11 is 5.10. The molecule has 4 nitrogen and oxygen atoms in total. The molecule has 0 saturated carbocycles. The fourth-order valence-corrected chi connectivity index (χ4v) is 3.38. The molecule has 0 atom stereocenters. The number of esters is 1. The van der Waals surface area contributed by atoms with Crippen molar-refractivity contribution in [2.45, 2.75) is 13.0 Å². The number of hydrogen-bond acceptors (Lipinski definition) is 4. The average molecular weight is 365 g/mol. The lowest BCUT2D eigenvalue weighted by molar-refractivity contribution is -0.144. The number of carbonyl (C=O) groups is 1. The van der Waals surface area contributed by atoms with Crippen molar-refractivity contribution in [2.75, 3.05) is 0 Å². The number of hydrogen-bond donors (Lipinski definition) is 0. The fourth-order valence-electron chi connectivity index (χ4n) is 2.08. The predicted molar refractivity (Wildman–Crippen MR) is 86.2 cm³/mol. The van der Waals surface area contributed by atoms with Gasteiger partial charge >= 0.3 is 5.97 Å². The van der Waals surface area contributed by atoms with Crippen LogP contribution in [0.3, 0.4) is 0 Å². The highest BCUT2D eigenvalue weighted by molar-refractivity contribution is 9.10. The van der Waals surface area contributed by atoms with E-state index in [1.54, 1.807) is 17.5 Å². The van der Waals surface area contributed by atoms with Gasteiger partial charge in [-0.2, -0.15) is 0 Å². The van der Waals surface area contributed by atoms with Gasteiger partial charge in [0.05, 0.1) is 6.42 Å². The van der Waals surface area contributed by atoms with Crippen LogP contribution in [-0.2, 0) is 29.6 Å². The molecule has 0 N–H and O–H groups in total. The van der Waals surface area contributed by atoms with E-state index in [1.807, 2.05) is 41.4 Å². The number of ether oxygens (including phenoxy) is 1. The number of fused-ring (bicyclic) bond motifs is 1. The standard InChI is InChI=1S/C15H13BrN2O2S/c1-18-5-4-17-14(18)8-20-15(19)6-10-9-21-13-3-2-11(16)7-12(10)13/h2-5,7,9H,6,8H2,1H3. The number of thiophene rings is 1. The normalized spacial score (nSPS) is 11.0. The first kappa shape index (κ1) is 14.3. The first-order chi connectivity index (χ1) is 10.1. The molecule has 1 aromatic carbocycles. The number of aryl methyl sites for hydroxylation is 1. The minimum absolute atomic E-state index is 0.202. The van der Waals surface area contributed by atoms with Gasteiger partial charge in [-0.1, -0.05) is 15.9 Å². The molecule has 108 valence electrons. The van der Waals surface area contributed by atoms with Crippen molar-refractivity contribution in [3.63, 3.8) is 0 Å². The van der Waals surface area contributed by atoms with Gasteiger partial charge in [0.25, 0.3) is 0 Å². The Kier molecular flexibility index (Phi) is 4.07. The third-order valence-corrected chi connectivity index (χ3v) is 4.74. The van der Waals surface area contributed by atoms with E-state index in [9.17, 15) is 4.79 Å². The molecule has 0 amide bonds. The Morgan fingerprint density at radius 1 is 1.48 bits per heavy atom. The number of carbonyl (C=O) groups excluding carboxylic acids is 1. The molecule has 0 fully saturated rings. The van der Waals surface area contributed by atoms with Crippen LogP contribution in [-0.4, -0.2) is 15.5 Å². The van der Waals surface area contributed by atoms with Gasteiger partial charge in [-0.05, 0) is 34.5 Å². The van der Waals surface area contributed by atoms with E-state index in [-0.39, 0.29) is 19.0 Å². The van der Waals surface area contributed by atoms with E-state index in [2.05, 4.69) is 20.9 Å². The van der Waals surface area contributed by atoms with Crippen LogP contribution in [0, 0.1) is 0 Å². The first-order valence-electron chi connectivity index (χ1n) is 6.41. The summed E-state index contributed by atoms with van der Waals surface area (Å²) in [5, 5.41) is 3.11. The van der Waals surface area contributed by atoms with Gasteiger partial charge in [0.2, 0.25) is 0 Å². The van der Waals surface area contributed by atoms with Crippen LogP contribution in [0.4, 0.5) is 0 Å². The summed E-state index contributed by atoms with van der Waals surface area (Å²) in [5.74, 6) is 0.499. The zero-order valence-electron chi connectivity index (χ0n) is 11.4. The number of benzene rings is 1. The molecule has 0 radical (unpaired) electrons. The highest BCUT2D eigenvalue weighted by atomic mass is 79.9. The second kappa shape index (κ2) is 5.99. The van der Waals surface area contributed by atoms with Gasteiger partial charge in [0.15, 0.2) is 0 Å². The fraction of sp³-hybridized carbons (Fsp3) is 0.200. The maximum Gasteiger partial charge on any atom is 0.310 e. The van der Waals surface area contributed by atoms with E-state index in [0.717, 1.165) is 21.2 Å². The maximum atomic E-state index is 12.0. The third kappa shape index (κ3) is 3.16. The lowest BCUT2D eigenvalue weighted by atomic mass is 10.1. The Bertz CT molecular complexity index is 794. The number of aromatic nitrogens is 2. The molecule has 21 heavy (non-hydrogen) atoms. The van der Waals surface area contributed by atoms with Crippen LogP contribution in [0.25, 0.3) is 10.1 Å². The van der Waals surface area contributed by atoms with Crippen LogP contribution >= 0.6 is 27.3 Å². The van der Waals surface area contributed by atoms with Gasteiger partial charge in [-0.3, -0.25) is 4.79 Å². The predicted octanol–water partition coefficient (Wildman–Crippen LogP) is 3.68. The van der Waals surface area contributed by atoms with Crippen LogP contribution in [0.2, 0.25) is 0 Å². The van der Waals surface area contributed by atoms with E-state index in [1.165, 1.54) is 4.70 Å². The van der Waals surface area contributed by atoms with Crippen molar-refractivity contribution < 1.29 is 9.53 Å². The van der Waals surface area contributed by atoms with Crippen molar-refractivity contribution in [3.05, 3.63) is 51.8 Å². The molecule has 2 aromatic heterocycles. The number of rotatable bonds is 4. The molecule has 3 aromatic rings. The van der Waals surface area contributed by atoms with E-state index < -0.39 is 0 Å². The zero-order valence-corrected chi connectivity index (χ0v) is 13.8. The summed E-state index contributed by atoms with van der Waals surface area (Å²) in [6, 6.07) is 6.09. The lowest BCUT2D eigenvalue weighted by Crippen LogP contribution is -2.10. The lowest BCUT2D eigenvalue weighted by Gasteiger charge is -2.04. The van der Waals surface area contributed by atoms with Gasteiger partial charge in [0.1, 0.15) is 12.4 Å². The molecule has 3 rings (SSSR count). The summed E-state index contributed by atoms with van der Waals surface area (Å²) in [7, 11) is 1.88. The Balaban J connectivity index is 1.69. The number of nitrogens with zero attached hydrogens (tertiary/aromatic N) is 2. The van der Waals surface area contributed by atoms with E-state index >= 15 is 0 Å². The third-order valence-electron chi connectivity index (χ3n) is 3.23. The smallest absolute Gasteiger partial charge is 0.310 e. The highest BCUT2D eigenvalue weighted by Crippen LogP contribution is 2.29. The minimum Gasteiger partial charge on any atom is -0.457 e. The van der Waals surface area contributed by atoms with Gasteiger partial charge in [-0.15, -0.1) is 11.3 Å². The molecule has 0 bridgehead atoms. The van der Waals surface area contributed by atoms with Crippen molar-refractivity contribution >= 4 is 43.3 Å². The summed E-state index contributed by atoms with van der Waals surface area (Å²) in [4.78, 5) is 16.1. The largest absolute Gasteiger partial charge is 0.457 e. The molecule has 0 aliphatic heterocycles. The second-order valence-electron chi connectivity index (χ2n) is 4.69. The number of imidazole rings is 1. The molecule has 0 aliphatic rings. The Morgan fingerprint density at radius 2 is 2.33 bits per heavy atom. The summed E-state index contributed by atoms with van der Waals surface area (Å²) in [6.07, 6.45) is 3.79. The molecule has 0 aliphatic carbocycles. The Hall–Kier alpha value is -1.66. The minimum atomic E-state index is -0.238. The van der Waals surface area contributed by atoms with Crippen molar-refractivity contribution in [1.82, 2.24) is 9.55 Å². The van der Waals surface area contributed by atoms with Gasteiger partial charge in [0, 0.05) is 28.6 Å². The second-order valence-corrected chi connectivity index (χ2v) is 6.52. The molecular formula is C15H13BrN2O2S. The zero-order chi connectivity index (χ0) is 14.8. The van der Waals surface area contributed by atoms with Crippen molar-refractivity contribution in [3.8, 4) is 0 Å². The molecule has 0 unspecified atom stereocenters. The monoisotopic (exact) mass is 364 g/mol. The average Bonchev–Trinajstić information content (AvgIpc) is 3.03. The molecule has 6 heteroatoms. The molecule has 2 heterocycles. The maximum absolute atomic E-state index is 12.0. The van der Waals surface area contributed by atoms with Crippen LogP contribution in [0.1, 0.15) is 11.4 Å². The topological polar surface area (TPSA) is 44.1 Å². The van der Waals surface area contributed by atoms with Crippen LogP contribution in [0.15, 0.2) is 40.4 Å². The first-order valence-corrected chi connectivity index (χ1v) is 8.08. The van der Waals surface area contributed by atoms with E-state index in [4.69, 9.17) is 4.74 Å². The Morgan fingerprint density at radius 3 is 3.10 bits per heavy atom. The molecule has 0 saturated heterocycles. The van der Waals surface area contributed by atoms with Crippen molar-refractivity contribution in [1.29, 1.82) is 0 Å². The SMILES string of the molecule is Cn1ccnc1COC(=O)Cc1csc2ccc(Br)cc12. The summed E-state index contributed by atoms with van der Waals surface area (Å²) < 4.78 is 9.31. The number of halogens is 1. The summed E-state index contributed by atoms with van der Waals surface area (Å²) in [5.41, 5.74) is 1.00.